The molecule has 11 heteroatoms. The number of nitrogens with zero attached hydrogens (tertiary/aromatic N) is 2. The first-order valence-electron chi connectivity index (χ1n) is 18.1. The van der Waals surface area contributed by atoms with Gasteiger partial charge in [0.25, 0.3) is 10.1 Å². The van der Waals surface area contributed by atoms with E-state index in [1.807, 2.05) is 53.5 Å². The number of allylic oxidation sites excluding steroid dienone is 10. The highest BCUT2D eigenvalue weighted by Crippen LogP contribution is 2.52. The number of anilines is 1. The van der Waals surface area contributed by atoms with Crippen LogP contribution in [-0.4, -0.2) is 60.8 Å². The molecule has 3 aromatic carbocycles. The second-order valence-corrected chi connectivity index (χ2v) is 19.0. The third-order valence-electron chi connectivity index (χ3n) is 11.4. The Balaban J connectivity index is 1.27. The molecule has 53 heavy (non-hydrogen) atoms. The molecule has 278 valence electrons. The van der Waals surface area contributed by atoms with Crippen molar-refractivity contribution in [2.24, 2.45) is 5.41 Å². The van der Waals surface area contributed by atoms with Crippen molar-refractivity contribution in [1.82, 2.24) is 0 Å². The summed E-state index contributed by atoms with van der Waals surface area (Å²) in [4.78, 5) is 1.96. The lowest BCUT2D eigenvalue weighted by Gasteiger charge is -2.28. The van der Waals surface area contributed by atoms with Crippen LogP contribution in [0.5, 0.6) is 0 Å². The first-order chi connectivity index (χ1) is 25.0. The normalized spacial score (nSPS) is 22.6. The van der Waals surface area contributed by atoms with Crippen LogP contribution in [0, 0.1) is 5.41 Å². The Labute approximate surface area is 318 Å². The van der Waals surface area contributed by atoms with E-state index in [0.717, 1.165) is 76.0 Å². The Morgan fingerprint density at radius 2 is 1.68 bits per heavy atom. The van der Waals surface area contributed by atoms with Crippen LogP contribution in [0.1, 0.15) is 69.6 Å². The molecular weight excluding hydrogens is 728 g/mol. The second-order valence-electron chi connectivity index (χ2n) is 15.5. The van der Waals surface area contributed by atoms with E-state index in [2.05, 4.69) is 74.8 Å². The zero-order chi connectivity index (χ0) is 37.9. The van der Waals surface area contributed by atoms with Gasteiger partial charge in [-0.3, -0.25) is 4.55 Å². The maximum Gasteiger partial charge on any atom is 0.271 e. The molecule has 0 aromatic heterocycles. The van der Waals surface area contributed by atoms with Crippen LogP contribution in [0.4, 0.5) is 5.69 Å². The molecule has 0 saturated heterocycles. The Morgan fingerprint density at radius 3 is 2.43 bits per heavy atom. The van der Waals surface area contributed by atoms with Gasteiger partial charge in [0.2, 0.25) is 0 Å². The fraction of sp³-hybridized carbons (Fsp3) is 0.357. The molecule has 2 aliphatic carbocycles. The van der Waals surface area contributed by atoms with Crippen molar-refractivity contribution in [3.63, 3.8) is 0 Å². The van der Waals surface area contributed by atoms with Gasteiger partial charge < -0.3 is 9.45 Å². The molecule has 1 atom stereocenters. The van der Waals surface area contributed by atoms with Crippen LogP contribution in [0.2, 0.25) is 0 Å². The molecule has 0 bridgehead atoms. The Morgan fingerprint density at radius 1 is 0.943 bits per heavy atom. The quantitative estimate of drug-likeness (QED) is 0.172. The smallest absolute Gasteiger partial charge is 0.271 e. The molecular formula is C42H45ClN2O6S2. The molecule has 7 rings (SSSR count). The van der Waals surface area contributed by atoms with E-state index in [9.17, 15) is 25.9 Å². The number of hydrogen-bond acceptors (Lipinski definition) is 6. The summed E-state index contributed by atoms with van der Waals surface area (Å²) in [5, 5.41) is 2.82. The van der Waals surface area contributed by atoms with Gasteiger partial charge in [0, 0.05) is 34.5 Å². The molecule has 8 nitrogen and oxygen atoms in total. The summed E-state index contributed by atoms with van der Waals surface area (Å²) in [7, 11) is -8.63. The molecule has 0 spiro atoms. The minimum Gasteiger partial charge on any atom is -0.748 e. The van der Waals surface area contributed by atoms with Gasteiger partial charge in [0.05, 0.1) is 27.2 Å². The highest BCUT2D eigenvalue weighted by molar-refractivity contribution is 7.86. The van der Waals surface area contributed by atoms with E-state index in [4.69, 9.17) is 11.6 Å². The lowest BCUT2D eigenvalue weighted by molar-refractivity contribution is -0.468. The third kappa shape index (κ3) is 7.12. The molecule has 0 saturated carbocycles. The summed E-state index contributed by atoms with van der Waals surface area (Å²) in [6.45, 7) is 8.79. The predicted octanol–water partition coefficient (Wildman–Crippen LogP) is 8.13. The molecule has 0 radical (unpaired) electrons. The van der Waals surface area contributed by atoms with Crippen LogP contribution in [0.15, 0.2) is 119 Å². The number of fused-ring (bicyclic) bond motifs is 6. The average molecular weight is 773 g/mol. The Kier molecular flexibility index (Phi) is 9.77. The third-order valence-corrected chi connectivity index (χ3v) is 13.3. The van der Waals surface area contributed by atoms with Gasteiger partial charge in [0.1, 0.15) is 5.75 Å². The Bertz CT molecular complexity index is 2430. The van der Waals surface area contributed by atoms with E-state index >= 15 is 0 Å². The maximum absolute atomic E-state index is 11.9. The fourth-order valence-electron chi connectivity index (χ4n) is 8.96. The number of rotatable bonds is 9. The maximum atomic E-state index is 11.9. The lowest BCUT2D eigenvalue weighted by Crippen LogP contribution is -2.30. The summed E-state index contributed by atoms with van der Waals surface area (Å²) in [5.41, 5.74) is 8.44. The minimum atomic E-state index is -4.45. The van der Waals surface area contributed by atoms with Gasteiger partial charge in [-0.15, -0.1) is 0 Å². The minimum absolute atomic E-state index is 0.0296. The SMILES string of the molecule is CC1(C)/C(=C\C=C2/CCCC(/C=C/C3=[N+](CCS(=O)(=O)O)C4=CCc5ccccc5C4C3(C)C)=C2Cl)N(CCS(=O)(=O)[O-])c2ccc3ccccc3c21. The predicted molar refractivity (Wildman–Crippen MR) is 212 cm³/mol. The van der Waals surface area contributed by atoms with Gasteiger partial charge >= 0.3 is 0 Å². The van der Waals surface area contributed by atoms with E-state index in [1.165, 1.54) is 11.1 Å². The average Bonchev–Trinajstić information content (AvgIpc) is 3.46. The molecule has 3 aromatic rings. The van der Waals surface area contributed by atoms with Crippen molar-refractivity contribution in [3.8, 4) is 0 Å². The number of halogens is 1. The molecule has 1 unspecified atom stereocenters. The van der Waals surface area contributed by atoms with E-state index < -0.39 is 31.4 Å². The van der Waals surface area contributed by atoms with E-state index in [-0.39, 0.29) is 30.2 Å². The first-order valence-corrected chi connectivity index (χ1v) is 21.6. The van der Waals surface area contributed by atoms with Crippen molar-refractivity contribution in [1.29, 1.82) is 0 Å². The van der Waals surface area contributed by atoms with Gasteiger partial charge in [-0.2, -0.15) is 13.0 Å². The van der Waals surface area contributed by atoms with E-state index in [1.54, 1.807) is 0 Å². The zero-order valence-corrected chi connectivity index (χ0v) is 32.9. The summed E-state index contributed by atoms with van der Waals surface area (Å²) >= 11 is 7.18. The monoisotopic (exact) mass is 772 g/mol. The lowest BCUT2D eigenvalue weighted by atomic mass is 9.69. The van der Waals surface area contributed by atoms with Crippen LogP contribution < -0.4 is 4.90 Å². The molecule has 0 fully saturated rings. The van der Waals surface area contributed by atoms with Crippen molar-refractivity contribution >= 4 is 54.0 Å². The van der Waals surface area contributed by atoms with Crippen LogP contribution in [-0.2, 0) is 32.1 Å². The molecule has 1 N–H and O–H groups in total. The van der Waals surface area contributed by atoms with E-state index in [0.29, 0.717) is 5.03 Å². The standard InChI is InChI=1S/C42H45ClN2O6S2/c1-41(2)36(44(24-26-52(46,47)48)34-20-16-28-10-5-7-14-32(28)38(34)41)22-18-30-12-9-13-31(40(30)43)19-23-37-42(3,4)39-33-15-8-6-11-29(33)17-21-35(39)45(37)25-27-53(49,50)51/h5-8,10-11,14-16,18-23,39H,9,12-13,17,24-27H2,1-4H3,(H-,46,47,48,49,50,51). The van der Waals surface area contributed by atoms with Crippen molar-refractivity contribution in [2.75, 3.05) is 29.5 Å². The highest BCUT2D eigenvalue weighted by atomic mass is 35.5. The van der Waals surface area contributed by atoms with Gasteiger partial charge in [-0.25, -0.2) is 8.42 Å². The van der Waals surface area contributed by atoms with Crippen LogP contribution >= 0.6 is 11.6 Å². The topological polar surface area (TPSA) is 118 Å². The summed E-state index contributed by atoms with van der Waals surface area (Å²) in [5.74, 6) is -0.870. The second kappa shape index (κ2) is 13.8. The number of benzene rings is 3. The molecule has 2 aliphatic heterocycles. The van der Waals surface area contributed by atoms with Crippen molar-refractivity contribution in [2.45, 2.75) is 64.7 Å². The number of hydrogen-bond donors (Lipinski definition) is 1. The van der Waals surface area contributed by atoms with Crippen molar-refractivity contribution < 1.29 is 30.5 Å². The zero-order valence-electron chi connectivity index (χ0n) is 30.5. The van der Waals surface area contributed by atoms with Gasteiger partial charge in [-0.05, 0) is 96.4 Å². The van der Waals surface area contributed by atoms with Gasteiger partial charge in [0.15, 0.2) is 18.0 Å². The largest absolute Gasteiger partial charge is 0.748 e. The van der Waals surface area contributed by atoms with Crippen LogP contribution in [0.25, 0.3) is 10.8 Å². The molecule has 2 heterocycles. The summed E-state index contributed by atoms with van der Waals surface area (Å²) in [6, 6.07) is 20.6. The van der Waals surface area contributed by atoms with Gasteiger partial charge in [-0.1, -0.05) is 92.2 Å². The van der Waals surface area contributed by atoms with Crippen LogP contribution in [0.3, 0.4) is 0 Å². The highest BCUT2D eigenvalue weighted by Gasteiger charge is 2.53. The summed E-state index contributed by atoms with van der Waals surface area (Å²) in [6.07, 6.45) is 13.5. The molecule has 0 amide bonds. The summed E-state index contributed by atoms with van der Waals surface area (Å²) < 4.78 is 71.0. The first kappa shape index (κ1) is 37.5. The molecule has 4 aliphatic rings. The fourth-order valence-corrected chi connectivity index (χ4v) is 10.1. The van der Waals surface area contributed by atoms with Crippen molar-refractivity contribution in [3.05, 3.63) is 135 Å². The Hall–Kier alpha value is -3.80.